The van der Waals surface area contributed by atoms with Crippen molar-refractivity contribution in [2.24, 2.45) is 5.92 Å². The average Bonchev–Trinajstić information content (AvgIpc) is 2.54. The van der Waals surface area contributed by atoms with Crippen molar-refractivity contribution in [2.45, 2.75) is 34.1 Å². The van der Waals surface area contributed by atoms with Gasteiger partial charge in [0.15, 0.2) is 0 Å². The van der Waals surface area contributed by atoms with E-state index in [0.29, 0.717) is 5.02 Å². The lowest BCUT2D eigenvalue weighted by Crippen LogP contribution is -1.67. The van der Waals surface area contributed by atoms with Crippen LogP contribution in [0.25, 0.3) is 0 Å². The standard InChI is InChI=1S/C6H7ClO.C4H10.C2H2/c1-2-6-3-5(7)4-8-6;1-4(2)3;1-2/h3-4H,2H2,1H3;4H,1-3H3;1-2H. The lowest BCUT2D eigenvalue weighted by molar-refractivity contribution is 0.516. The van der Waals surface area contributed by atoms with Crippen LogP contribution in [0.5, 0.6) is 0 Å². The highest BCUT2D eigenvalue weighted by Gasteiger charge is 1.93. The molecule has 0 saturated heterocycles. The topological polar surface area (TPSA) is 13.1 Å². The summed E-state index contributed by atoms with van der Waals surface area (Å²) < 4.78 is 4.98. The van der Waals surface area contributed by atoms with Crippen LogP contribution < -0.4 is 0 Å². The Kier molecular flexibility index (Phi) is 11.4. The second kappa shape index (κ2) is 10.2. The Morgan fingerprint density at radius 3 is 1.93 bits per heavy atom. The molecule has 1 aromatic heterocycles. The minimum atomic E-state index is 0.682. The van der Waals surface area contributed by atoms with Crippen LogP contribution in [0.2, 0.25) is 5.02 Å². The van der Waals surface area contributed by atoms with E-state index in [1.165, 1.54) is 0 Å². The lowest BCUT2D eigenvalue weighted by Gasteiger charge is -1.79. The number of furan rings is 1. The van der Waals surface area contributed by atoms with Gasteiger partial charge in [0, 0.05) is 6.42 Å². The van der Waals surface area contributed by atoms with Crippen LogP contribution in [-0.2, 0) is 6.42 Å². The molecule has 1 aromatic rings. The Hall–Kier alpha value is -0.870. The third-order valence-corrected chi connectivity index (χ3v) is 1.17. The minimum absolute atomic E-state index is 0.682. The quantitative estimate of drug-likeness (QED) is 0.632. The summed E-state index contributed by atoms with van der Waals surface area (Å²) in [6.45, 7) is 8.52. The molecule has 0 aliphatic rings. The molecule has 0 unspecified atom stereocenters. The molecular formula is C12H19ClO. The van der Waals surface area contributed by atoms with E-state index in [1.807, 2.05) is 13.0 Å². The lowest BCUT2D eigenvalue weighted by atomic mass is 10.3. The summed E-state index contributed by atoms with van der Waals surface area (Å²) in [5.41, 5.74) is 0. The molecule has 0 bridgehead atoms. The van der Waals surface area contributed by atoms with Crippen LogP contribution in [0, 0.1) is 18.8 Å². The fourth-order valence-corrected chi connectivity index (χ4v) is 0.705. The number of terminal acetylenes is 1. The normalized spacial score (nSPS) is 8.29. The van der Waals surface area contributed by atoms with Crippen molar-refractivity contribution < 1.29 is 4.42 Å². The second-order valence-corrected chi connectivity index (χ2v) is 3.75. The molecule has 0 N–H and O–H groups in total. The van der Waals surface area contributed by atoms with Crippen LogP contribution in [-0.4, -0.2) is 0 Å². The van der Waals surface area contributed by atoms with Gasteiger partial charge in [-0.25, -0.2) is 0 Å². The van der Waals surface area contributed by atoms with E-state index in [2.05, 4.69) is 33.6 Å². The van der Waals surface area contributed by atoms with E-state index in [4.69, 9.17) is 16.0 Å². The highest BCUT2D eigenvalue weighted by Crippen LogP contribution is 2.12. The Labute approximate surface area is 92.5 Å². The number of rotatable bonds is 1. The second-order valence-electron chi connectivity index (χ2n) is 3.32. The first-order valence-electron chi connectivity index (χ1n) is 4.62. The van der Waals surface area contributed by atoms with Crippen LogP contribution >= 0.6 is 11.6 Å². The molecule has 1 rings (SSSR count). The van der Waals surface area contributed by atoms with Gasteiger partial charge in [0.05, 0.1) is 5.02 Å². The zero-order valence-electron chi connectivity index (χ0n) is 9.38. The summed E-state index contributed by atoms with van der Waals surface area (Å²) >= 11 is 5.55. The highest BCUT2D eigenvalue weighted by atomic mass is 35.5. The van der Waals surface area contributed by atoms with E-state index >= 15 is 0 Å². The zero-order valence-corrected chi connectivity index (χ0v) is 10.1. The summed E-state index contributed by atoms with van der Waals surface area (Å²) in [6.07, 6.45) is 10.5. The first kappa shape index (κ1) is 15.6. The van der Waals surface area contributed by atoms with Crippen molar-refractivity contribution in [2.75, 3.05) is 0 Å². The van der Waals surface area contributed by atoms with Gasteiger partial charge in [0.2, 0.25) is 0 Å². The van der Waals surface area contributed by atoms with Crippen molar-refractivity contribution >= 4 is 11.6 Å². The van der Waals surface area contributed by atoms with Gasteiger partial charge in [-0.2, -0.15) is 0 Å². The molecular weight excluding hydrogens is 196 g/mol. The number of hydrogen-bond donors (Lipinski definition) is 0. The molecule has 0 amide bonds. The molecule has 0 radical (unpaired) electrons. The number of aryl methyl sites for hydroxylation is 1. The van der Waals surface area contributed by atoms with E-state index in [1.54, 1.807) is 6.26 Å². The van der Waals surface area contributed by atoms with E-state index in [9.17, 15) is 0 Å². The van der Waals surface area contributed by atoms with E-state index < -0.39 is 0 Å². The number of halogens is 1. The largest absolute Gasteiger partial charge is 0.468 e. The predicted octanol–water partition coefficient (Wildman–Crippen LogP) is 4.41. The van der Waals surface area contributed by atoms with Gasteiger partial charge in [-0.1, -0.05) is 39.3 Å². The SMILES string of the molecule is C#C.CC(C)C.CCc1cc(Cl)co1. The fraction of sp³-hybridized carbons (Fsp3) is 0.500. The summed E-state index contributed by atoms with van der Waals surface area (Å²) in [4.78, 5) is 0. The van der Waals surface area contributed by atoms with E-state index in [-0.39, 0.29) is 0 Å². The third-order valence-electron chi connectivity index (χ3n) is 0.970. The van der Waals surface area contributed by atoms with Crippen LogP contribution in [0.15, 0.2) is 16.7 Å². The Balaban J connectivity index is 0. The fourth-order valence-electron chi connectivity index (χ4n) is 0.539. The summed E-state index contributed by atoms with van der Waals surface area (Å²) in [5, 5.41) is 0.682. The maximum absolute atomic E-state index is 5.55. The van der Waals surface area contributed by atoms with Crippen molar-refractivity contribution in [3.63, 3.8) is 0 Å². The van der Waals surface area contributed by atoms with Crippen LogP contribution in [0.4, 0.5) is 0 Å². The third kappa shape index (κ3) is 11.1. The Morgan fingerprint density at radius 2 is 1.79 bits per heavy atom. The van der Waals surface area contributed by atoms with Gasteiger partial charge >= 0.3 is 0 Å². The maximum atomic E-state index is 5.55. The maximum Gasteiger partial charge on any atom is 0.109 e. The molecule has 1 heterocycles. The van der Waals surface area contributed by atoms with Crippen LogP contribution in [0.3, 0.4) is 0 Å². The van der Waals surface area contributed by atoms with Gasteiger partial charge < -0.3 is 4.42 Å². The molecule has 0 aliphatic heterocycles. The van der Waals surface area contributed by atoms with Gasteiger partial charge in [-0.15, -0.1) is 12.8 Å². The first-order chi connectivity index (χ1) is 6.56. The molecule has 14 heavy (non-hydrogen) atoms. The smallest absolute Gasteiger partial charge is 0.109 e. The van der Waals surface area contributed by atoms with Crippen molar-refractivity contribution in [3.05, 3.63) is 23.1 Å². The average molecular weight is 215 g/mol. The monoisotopic (exact) mass is 214 g/mol. The Bertz CT molecular complexity index is 233. The van der Waals surface area contributed by atoms with E-state index in [0.717, 1.165) is 18.1 Å². The molecule has 1 nitrogen and oxygen atoms in total. The van der Waals surface area contributed by atoms with Crippen molar-refractivity contribution in [3.8, 4) is 12.8 Å². The van der Waals surface area contributed by atoms with Crippen molar-refractivity contribution in [1.82, 2.24) is 0 Å². The molecule has 0 aliphatic carbocycles. The number of hydrogen-bond acceptors (Lipinski definition) is 1. The van der Waals surface area contributed by atoms with Crippen LogP contribution in [0.1, 0.15) is 33.5 Å². The molecule has 0 aromatic carbocycles. The predicted molar refractivity (Wildman–Crippen MR) is 63.5 cm³/mol. The van der Waals surface area contributed by atoms with Gasteiger partial charge in [-0.3, -0.25) is 0 Å². The molecule has 0 atom stereocenters. The molecule has 80 valence electrons. The zero-order chi connectivity index (χ0) is 11.6. The molecule has 0 spiro atoms. The Morgan fingerprint density at radius 1 is 1.36 bits per heavy atom. The molecule has 2 heteroatoms. The van der Waals surface area contributed by atoms with Gasteiger partial charge in [0.1, 0.15) is 12.0 Å². The van der Waals surface area contributed by atoms with Gasteiger partial charge in [0.25, 0.3) is 0 Å². The van der Waals surface area contributed by atoms with Gasteiger partial charge in [-0.05, 0) is 12.0 Å². The molecule has 0 saturated carbocycles. The summed E-state index contributed by atoms with van der Waals surface area (Å²) in [7, 11) is 0. The summed E-state index contributed by atoms with van der Waals surface area (Å²) in [5.74, 6) is 1.77. The minimum Gasteiger partial charge on any atom is -0.468 e. The highest BCUT2D eigenvalue weighted by molar-refractivity contribution is 6.30. The molecule has 0 fully saturated rings. The van der Waals surface area contributed by atoms with Crippen molar-refractivity contribution in [1.29, 1.82) is 0 Å². The first-order valence-corrected chi connectivity index (χ1v) is 5.00. The summed E-state index contributed by atoms with van der Waals surface area (Å²) in [6, 6.07) is 1.82.